The van der Waals surface area contributed by atoms with Crippen molar-refractivity contribution in [2.75, 3.05) is 39.4 Å². The van der Waals surface area contributed by atoms with Crippen molar-refractivity contribution >= 4 is 29.3 Å². The molecule has 0 saturated carbocycles. The fourth-order valence-electron chi connectivity index (χ4n) is 6.22. The number of ketones is 2. The predicted molar refractivity (Wildman–Crippen MR) is 179 cm³/mol. The summed E-state index contributed by atoms with van der Waals surface area (Å²) in [6.45, 7) is 9.85. The van der Waals surface area contributed by atoms with Crippen molar-refractivity contribution in [1.82, 2.24) is 20.4 Å². The third-order valence-corrected chi connectivity index (χ3v) is 9.23. The molecule has 3 amide bonds. The molecule has 0 bridgehead atoms. The third-order valence-electron chi connectivity index (χ3n) is 9.23. The molecule has 50 heavy (non-hydrogen) atoms. The van der Waals surface area contributed by atoms with Crippen molar-refractivity contribution < 1.29 is 41.9 Å². The Kier molecular flexibility index (Phi) is 12.9. The number of rotatable bonds is 14. The summed E-state index contributed by atoms with van der Waals surface area (Å²) in [5, 5.41) is 4.99. The molecule has 2 aliphatic rings. The van der Waals surface area contributed by atoms with Crippen LogP contribution in [-0.4, -0.2) is 109 Å². The Labute approximate surface area is 290 Å². The number of carbonyl (C=O) groups excluding carboxylic acids is 5. The summed E-state index contributed by atoms with van der Waals surface area (Å²) in [7, 11) is 0. The van der Waals surface area contributed by atoms with Crippen LogP contribution < -0.4 is 16.4 Å². The number of nitrogens with one attached hydrogen (secondary N) is 2. The maximum absolute atomic E-state index is 14.4. The van der Waals surface area contributed by atoms with E-state index in [-0.39, 0.29) is 29.9 Å². The highest BCUT2D eigenvalue weighted by atomic mass is 19.4. The lowest BCUT2D eigenvalue weighted by molar-refractivity contribution is -0.175. The summed E-state index contributed by atoms with van der Waals surface area (Å²) in [4.78, 5) is 71.2. The number of alkyl halides is 3. The van der Waals surface area contributed by atoms with Gasteiger partial charge in [0.15, 0.2) is 11.8 Å². The van der Waals surface area contributed by atoms with Crippen LogP contribution in [0.5, 0.6) is 0 Å². The zero-order valence-electron chi connectivity index (χ0n) is 28.8. The molecule has 4 rings (SSSR count). The average Bonchev–Trinajstić information content (AvgIpc) is 3.52. The summed E-state index contributed by atoms with van der Waals surface area (Å²) < 4.78 is 46.1. The molecule has 2 unspecified atom stereocenters. The average molecular weight is 702 g/mol. The van der Waals surface area contributed by atoms with Gasteiger partial charge in [0.05, 0.1) is 25.3 Å². The molecule has 1 fully saturated rings. The summed E-state index contributed by atoms with van der Waals surface area (Å²) in [5.74, 6) is -6.85. The van der Waals surface area contributed by atoms with Crippen molar-refractivity contribution in [3.63, 3.8) is 0 Å². The first-order valence-corrected chi connectivity index (χ1v) is 16.9. The lowest BCUT2D eigenvalue weighted by Gasteiger charge is -2.38. The second-order valence-electron chi connectivity index (χ2n) is 13.5. The van der Waals surface area contributed by atoms with Crippen LogP contribution in [0.25, 0.3) is 0 Å². The van der Waals surface area contributed by atoms with Crippen LogP contribution in [0.1, 0.15) is 59.5 Å². The fourth-order valence-corrected chi connectivity index (χ4v) is 6.22. The molecule has 1 saturated heterocycles. The molecule has 14 heteroatoms. The molecule has 11 nitrogen and oxygen atoms in total. The molecule has 1 aliphatic heterocycles. The lowest BCUT2D eigenvalue weighted by atomic mass is 9.94. The first-order chi connectivity index (χ1) is 23.6. The Morgan fingerprint density at radius 2 is 1.46 bits per heavy atom. The van der Waals surface area contributed by atoms with Crippen molar-refractivity contribution in [2.24, 2.45) is 17.6 Å². The van der Waals surface area contributed by atoms with Gasteiger partial charge >= 0.3 is 6.18 Å². The normalized spacial score (nSPS) is 17.2. The van der Waals surface area contributed by atoms with Gasteiger partial charge in [-0.1, -0.05) is 64.1 Å². The zero-order chi connectivity index (χ0) is 36.7. The van der Waals surface area contributed by atoms with E-state index in [1.54, 1.807) is 13.8 Å². The molecule has 2 aromatic rings. The fraction of sp³-hybridized carbons (Fsp3) is 0.528. The maximum Gasteiger partial charge on any atom is 0.452 e. The second kappa shape index (κ2) is 16.7. The Morgan fingerprint density at radius 3 is 1.98 bits per heavy atom. The predicted octanol–water partition coefficient (Wildman–Crippen LogP) is 2.55. The Morgan fingerprint density at radius 1 is 0.900 bits per heavy atom. The number of fused-ring (bicyclic) bond motifs is 1. The number of carbonyl (C=O) groups is 5. The minimum absolute atomic E-state index is 0.0651. The van der Waals surface area contributed by atoms with E-state index in [0.717, 1.165) is 29.1 Å². The van der Waals surface area contributed by atoms with Gasteiger partial charge in [-0.2, -0.15) is 13.2 Å². The number of amides is 3. The Bertz CT molecular complexity index is 1520. The van der Waals surface area contributed by atoms with Crippen LogP contribution in [0.2, 0.25) is 0 Å². The first-order valence-electron chi connectivity index (χ1n) is 16.9. The molecule has 4 N–H and O–H groups in total. The summed E-state index contributed by atoms with van der Waals surface area (Å²) in [5.41, 5.74) is 8.26. The van der Waals surface area contributed by atoms with Gasteiger partial charge in [0, 0.05) is 43.3 Å². The largest absolute Gasteiger partial charge is 0.452 e. The smallest absolute Gasteiger partial charge is 0.379 e. The Balaban J connectivity index is 1.67. The highest BCUT2D eigenvalue weighted by molar-refractivity contribution is 6.16. The minimum Gasteiger partial charge on any atom is -0.379 e. The number of morpholine rings is 1. The van der Waals surface area contributed by atoms with E-state index in [1.807, 2.05) is 24.3 Å². The molecular formula is C36H46F3N5O6. The highest BCUT2D eigenvalue weighted by Gasteiger charge is 2.48. The molecule has 0 spiro atoms. The number of nitrogens with two attached hydrogens (primary N) is 1. The number of nitrogens with zero attached hydrogens (tertiary/aromatic N) is 2. The van der Waals surface area contributed by atoms with E-state index in [4.69, 9.17) is 10.5 Å². The molecule has 0 radical (unpaired) electrons. The van der Waals surface area contributed by atoms with Gasteiger partial charge in [-0.3, -0.25) is 28.9 Å². The molecule has 1 heterocycles. The first kappa shape index (κ1) is 38.7. The highest BCUT2D eigenvalue weighted by Crippen LogP contribution is 2.29. The minimum atomic E-state index is -5.26. The van der Waals surface area contributed by atoms with Crippen LogP contribution >= 0.6 is 0 Å². The SMILES string of the molecule is CC(C)C(NC(=O)C(C(=O)c1ccc(C(=O)NCCN2CCOCC2)cc1)N(C(=O)[C@@H](N)C(C)C)C1Cc2ccccc2C1)C(=O)C(F)(F)F. The number of halogens is 3. The van der Waals surface area contributed by atoms with E-state index in [9.17, 15) is 37.1 Å². The maximum atomic E-state index is 14.4. The van der Waals surface area contributed by atoms with Gasteiger partial charge in [-0.15, -0.1) is 0 Å². The van der Waals surface area contributed by atoms with Gasteiger partial charge in [0.1, 0.15) is 0 Å². The topological polar surface area (TPSA) is 151 Å². The lowest BCUT2D eigenvalue weighted by Crippen LogP contribution is -2.63. The van der Waals surface area contributed by atoms with Crippen molar-refractivity contribution in [3.8, 4) is 0 Å². The molecule has 3 atom stereocenters. The monoisotopic (exact) mass is 701 g/mol. The van der Waals surface area contributed by atoms with E-state index in [1.165, 1.54) is 38.1 Å². The van der Waals surface area contributed by atoms with Crippen molar-refractivity contribution in [2.45, 2.75) is 70.9 Å². The van der Waals surface area contributed by atoms with Crippen LogP contribution in [-0.2, 0) is 32.0 Å². The summed E-state index contributed by atoms with van der Waals surface area (Å²) >= 11 is 0. The van der Waals surface area contributed by atoms with E-state index in [0.29, 0.717) is 26.3 Å². The zero-order valence-corrected chi connectivity index (χ0v) is 28.8. The number of Topliss-reactive ketones (excluding diaryl/α,β-unsaturated/α-hetero) is 2. The molecule has 272 valence electrons. The molecular weight excluding hydrogens is 655 g/mol. The van der Waals surface area contributed by atoms with Crippen LogP contribution in [0.4, 0.5) is 13.2 Å². The number of ether oxygens (including phenoxy) is 1. The van der Waals surface area contributed by atoms with Crippen LogP contribution in [0.3, 0.4) is 0 Å². The molecule has 1 aliphatic carbocycles. The summed E-state index contributed by atoms with van der Waals surface area (Å²) in [6.07, 6.45) is -4.73. The van der Waals surface area contributed by atoms with Crippen molar-refractivity contribution in [3.05, 3.63) is 70.8 Å². The summed E-state index contributed by atoms with van der Waals surface area (Å²) in [6, 6.07) is 6.93. The van der Waals surface area contributed by atoms with Gasteiger partial charge in [0.2, 0.25) is 5.91 Å². The van der Waals surface area contributed by atoms with E-state index in [2.05, 4.69) is 15.5 Å². The number of hydrogen-bond donors (Lipinski definition) is 3. The van der Waals surface area contributed by atoms with E-state index < -0.39 is 65.6 Å². The van der Waals surface area contributed by atoms with E-state index >= 15 is 0 Å². The number of benzene rings is 2. The molecule has 2 aromatic carbocycles. The van der Waals surface area contributed by atoms with Gasteiger partial charge in [-0.25, -0.2) is 0 Å². The van der Waals surface area contributed by atoms with Crippen LogP contribution in [0.15, 0.2) is 48.5 Å². The van der Waals surface area contributed by atoms with Gasteiger partial charge in [0.25, 0.3) is 17.6 Å². The molecule has 0 aromatic heterocycles. The third kappa shape index (κ3) is 9.34. The van der Waals surface area contributed by atoms with Gasteiger partial charge in [-0.05, 0) is 47.9 Å². The standard InChI is InChI=1S/C36H46F3N5O6/c1-21(2)28(40)35(49)44(27-19-25-7-5-6-8-26(25)20-27)30(34(48)42-29(22(3)4)32(46)36(37,38)39)31(45)23-9-11-24(12-10-23)33(47)41-13-14-43-15-17-50-18-16-43/h5-12,21-22,27-30H,13-20,40H2,1-4H3,(H,41,47)(H,42,48)/t28-,29?,30?/m0/s1. The van der Waals surface area contributed by atoms with Gasteiger partial charge < -0.3 is 26.0 Å². The quantitative estimate of drug-likeness (QED) is 0.201. The Hall–Kier alpha value is -4.14. The van der Waals surface area contributed by atoms with Crippen LogP contribution in [0, 0.1) is 11.8 Å². The number of hydrogen-bond acceptors (Lipinski definition) is 8. The second-order valence-corrected chi connectivity index (χ2v) is 13.5. The van der Waals surface area contributed by atoms with Crippen molar-refractivity contribution in [1.29, 1.82) is 0 Å².